The Hall–Kier alpha value is -1.35. The highest BCUT2D eigenvalue weighted by molar-refractivity contribution is 5.84. The summed E-state index contributed by atoms with van der Waals surface area (Å²) in [4.78, 5) is 14.7. The normalized spacial score (nSPS) is 23.9. The van der Waals surface area contributed by atoms with Crippen LogP contribution >= 0.6 is 0 Å². The maximum absolute atomic E-state index is 12.7. The standard InChI is InChI=1S/C18H28N2O/c1-5-16-18(21)20(14(4)12-11-13(2)3)17(19-16)15-9-7-6-8-10-15/h6-10,13-14,16-17,19H,5,11-12H2,1-4H3. The summed E-state index contributed by atoms with van der Waals surface area (Å²) in [5.74, 6) is 0.929. The van der Waals surface area contributed by atoms with E-state index >= 15 is 0 Å². The monoisotopic (exact) mass is 288 g/mol. The van der Waals surface area contributed by atoms with Gasteiger partial charge in [0.1, 0.15) is 6.17 Å². The molecule has 1 N–H and O–H groups in total. The van der Waals surface area contributed by atoms with Gasteiger partial charge in [-0.25, -0.2) is 0 Å². The molecule has 1 aliphatic rings. The zero-order valence-electron chi connectivity index (χ0n) is 13.7. The van der Waals surface area contributed by atoms with E-state index in [1.54, 1.807) is 0 Å². The molecule has 3 nitrogen and oxygen atoms in total. The van der Waals surface area contributed by atoms with E-state index in [9.17, 15) is 4.79 Å². The quantitative estimate of drug-likeness (QED) is 0.865. The number of nitrogens with zero attached hydrogens (tertiary/aromatic N) is 1. The molecule has 21 heavy (non-hydrogen) atoms. The van der Waals surface area contributed by atoms with Crippen molar-refractivity contribution >= 4 is 5.91 Å². The molecule has 3 heteroatoms. The van der Waals surface area contributed by atoms with E-state index in [0.717, 1.165) is 19.3 Å². The lowest BCUT2D eigenvalue weighted by atomic mass is 10.0. The van der Waals surface area contributed by atoms with E-state index in [2.05, 4.69) is 50.0 Å². The molecule has 116 valence electrons. The van der Waals surface area contributed by atoms with E-state index in [4.69, 9.17) is 0 Å². The van der Waals surface area contributed by atoms with Gasteiger partial charge in [0.2, 0.25) is 5.91 Å². The summed E-state index contributed by atoms with van der Waals surface area (Å²) >= 11 is 0. The van der Waals surface area contributed by atoms with E-state index < -0.39 is 0 Å². The molecule has 1 aromatic rings. The summed E-state index contributed by atoms with van der Waals surface area (Å²) in [6.07, 6.45) is 3.08. The van der Waals surface area contributed by atoms with Crippen LogP contribution in [0.5, 0.6) is 0 Å². The van der Waals surface area contributed by atoms with Crippen LogP contribution in [0.2, 0.25) is 0 Å². The number of rotatable bonds is 6. The number of carbonyl (C=O) groups excluding carboxylic acids is 1. The number of carbonyl (C=O) groups is 1. The summed E-state index contributed by atoms with van der Waals surface area (Å²) in [6.45, 7) is 8.72. The molecule has 1 aliphatic heterocycles. The van der Waals surface area contributed by atoms with Crippen molar-refractivity contribution in [3.63, 3.8) is 0 Å². The van der Waals surface area contributed by atoms with Gasteiger partial charge in [0.25, 0.3) is 0 Å². The van der Waals surface area contributed by atoms with Crippen molar-refractivity contribution in [2.24, 2.45) is 5.92 Å². The summed E-state index contributed by atoms with van der Waals surface area (Å²) < 4.78 is 0. The molecule has 1 aromatic carbocycles. The molecule has 0 spiro atoms. The van der Waals surface area contributed by atoms with Crippen molar-refractivity contribution in [1.82, 2.24) is 10.2 Å². The van der Waals surface area contributed by atoms with Gasteiger partial charge in [-0.15, -0.1) is 0 Å². The van der Waals surface area contributed by atoms with Crippen LogP contribution in [0.3, 0.4) is 0 Å². The van der Waals surface area contributed by atoms with Gasteiger partial charge >= 0.3 is 0 Å². The molecule has 3 atom stereocenters. The Morgan fingerprint density at radius 2 is 1.81 bits per heavy atom. The average Bonchev–Trinajstić information content (AvgIpc) is 2.82. The fraction of sp³-hybridized carbons (Fsp3) is 0.611. The Balaban J connectivity index is 2.19. The first-order valence-corrected chi connectivity index (χ1v) is 8.17. The van der Waals surface area contributed by atoms with Crippen molar-refractivity contribution in [3.05, 3.63) is 35.9 Å². The average molecular weight is 288 g/mol. The van der Waals surface area contributed by atoms with E-state index in [1.165, 1.54) is 5.56 Å². The highest BCUT2D eigenvalue weighted by Crippen LogP contribution is 2.30. The van der Waals surface area contributed by atoms with Gasteiger partial charge in [0, 0.05) is 6.04 Å². The van der Waals surface area contributed by atoms with Crippen LogP contribution < -0.4 is 5.32 Å². The summed E-state index contributed by atoms with van der Waals surface area (Å²) in [5.41, 5.74) is 1.18. The minimum Gasteiger partial charge on any atom is -0.319 e. The first-order valence-electron chi connectivity index (χ1n) is 8.17. The Bertz CT molecular complexity index is 458. The van der Waals surface area contributed by atoms with Crippen molar-refractivity contribution in [3.8, 4) is 0 Å². The molecule has 3 unspecified atom stereocenters. The molecule has 1 fully saturated rings. The lowest BCUT2D eigenvalue weighted by molar-refractivity contribution is -0.132. The highest BCUT2D eigenvalue weighted by atomic mass is 16.2. The van der Waals surface area contributed by atoms with Crippen LogP contribution in [0.1, 0.15) is 58.7 Å². The fourth-order valence-electron chi connectivity index (χ4n) is 3.02. The largest absolute Gasteiger partial charge is 0.319 e. The van der Waals surface area contributed by atoms with Crippen LogP contribution in [0.15, 0.2) is 30.3 Å². The second-order valence-corrected chi connectivity index (χ2v) is 6.51. The molecule has 0 aromatic heterocycles. The van der Waals surface area contributed by atoms with Crippen molar-refractivity contribution in [2.45, 2.75) is 65.2 Å². The molecule has 0 saturated carbocycles. The number of hydrogen-bond acceptors (Lipinski definition) is 2. The third-order valence-corrected chi connectivity index (χ3v) is 4.35. The first kappa shape index (κ1) is 16.0. The predicted octanol–water partition coefficient (Wildman–Crippen LogP) is 3.72. The van der Waals surface area contributed by atoms with Crippen LogP contribution in [-0.2, 0) is 4.79 Å². The molecular formula is C18H28N2O. The number of benzene rings is 1. The molecule has 1 amide bonds. The van der Waals surface area contributed by atoms with Crippen LogP contribution in [-0.4, -0.2) is 22.9 Å². The minimum absolute atomic E-state index is 0.0193. The number of nitrogens with one attached hydrogen (secondary N) is 1. The number of hydrogen-bond donors (Lipinski definition) is 1. The smallest absolute Gasteiger partial charge is 0.241 e. The topological polar surface area (TPSA) is 32.3 Å². The molecule has 0 aliphatic carbocycles. The van der Waals surface area contributed by atoms with Crippen molar-refractivity contribution < 1.29 is 4.79 Å². The van der Waals surface area contributed by atoms with Gasteiger partial charge in [-0.2, -0.15) is 0 Å². The highest BCUT2D eigenvalue weighted by Gasteiger charge is 2.40. The van der Waals surface area contributed by atoms with Gasteiger partial charge in [-0.3, -0.25) is 10.1 Å². The van der Waals surface area contributed by atoms with Gasteiger partial charge in [-0.05, 0) is 37.7 Å². The van der Waals surface area contributed by atoms with Crippen molar-refractivity contribution in [1.29, 1.82) is 0 Å². The maximum atomic E-state index is 12.7. The minimum atomic E-state index is -0.0447. The van der Waals surface area contributed by atoms with Crippen LogP contribution in [0, 0.1) is 5.92 Å². The lowest BCUT2D eigenvalue weighted by Crippen LogP contribution is -2.38. The van der Waals surface area contributed by atoms with Gasteiger partial charge < -0.3 is 4.90 Å². The molecular weight excluding hydrogens is 260 g/mol. The van der Waals surface area contributed by atoms with E-state index in [-0.39, 0.29) is 24.2 Å². The number of amides is 1. The second kappa shape index (κ2) is 7.08. The lowest BCUT2D eigenvalue weighted by Gasteiger charge is -2.31. The summed E-state index contributed by atoms with van der Waals surface area (Å²) in [7, 11) is 0. The van der Waals surface area contributed by atoms with Crippen LogP contribution in [0.25, 0.3) is 0 Å². The Morgan fingerprint density at radius 3 is 2.38 bits per heavy atom. The molecule has 1 saturated heterocycles. The van der Waals surface area contributed by atoms with Gasteiger partial charge in [0.15, 0.2) is 0 Å². The Morgan fingerprint density at radius 1 is 1.14 bits per heavy atom. The first-order chi connectivity index (χ1) is 10.0. The SMILES string of the molecule is CCC1NC(c2ccccc2)N(C(C)CCC(C)C)C1=O. The van der Waals surface area contributed by atoms with Crippen LogP contribution in [0.4, 0.5) is 0 Å². The third kappa shape index (κ3) is 3.65. The molecule has 0 radical (unpaired) electrons. The zero-order chi connectivity index (χ0) is 15.4. The maximum Gasteiger partial charge on any atom is 0.241 e. The van der Waals surface area contributed by atoms with Crippen molar-refractivity contribution in [2.75, 3.05) is 0 Å². The predicted molar refractivity (Wildman–Crippen MR) is 86.8 cm³/mol. The van der Waals surface area contributed by atoms with Gasteiger partial charge in [-0.1, -0.05) is 51.1 Å². The van der Waals surface area contributed by atoms with E-state index in [1.807, 2.05) is 18.2 Å². The molecule has 2 rings (SSSR count). The Kier molecular flexibility index (Phi) is 5.40. The van der Waals surface area contributed by atoms with Gasteiger partial charge in [0.05, 0.1) is 6.04 Å². The summed E-state index contributed by atoms with van der Waals surface area (Å²) in [6, 6.07) is 10.5. The molecule has 0 bridgehead atoms. The summed E-state index contributed by atoms with van der Waals surface area (Å²) in [5, 5.41) is 3.50. The molecule has 1 heterocycles. The zero-order valence-corrected chi connectivity index (χ0v) is 13.7. The second-order valence-electron chi connectivity index (χ2n) is 6.51. The Labute approximate surface area is 128 Å². The van der Waals surface area contributed by atoms with E-state index in [0.29, 0.717) is 5.92 Å². The fourth-order valence-corrected chi connectivity index (χ4v) is 3.02. The third-order valence-electron chi connectivity index (χ3n) is 4.35.